The second kappa shape index (κ2) is 4.74. The van der Waals surface area contributed by atoms with Crippen molar-refractivity contribution < 1.29 is 24.5 Å². The molecule has 0 saturated heterocycles. The number of carboxylic acid groups (broad SMARTS) is 1. The molecule has 5 heteroatoms. The summed E-state index contributed by atoms with van der Waals surface area (Å²) in [6.45, 7) is 1.82. The number of aliphatic hydroxyl groups is 1. The summed E-state index contributed by atoms with van der Waals surface area (Å²) in [5.74, 6) is 0.105. The van der Waals surface area contributed by atoms with Crippen LogP contribution in [0.25, 0.3) is 0 Å². The molecule has 1 aromatic rings. The first-order chi connectivity index (χ1) is 8.96. The van der Waals surface area contributed by atoms with Crippen molar-refractivity contribution in [3.63, 3.8) is 0 Å². The molecule has 0 aromatic heterocycles. The standard InChI is InChI=1S/C14H18O5/c1-8-6-10(18-2)11(19-3)7-9(8)12(15)14(4-5-14)13(16)17/h6-7,12,15H,4-5H2,1-3H3,(H,16,17). The molecule has 1 fully saturated rings. The molecule has 0 radical (unpaired) electrons. The van der Waals surface area contributed by atoms with E-state index in [2.05, 4.69) is 0 Å². The van der Waals surface area contributed by atoms with Crippen molar-refractivity contribution in [1.29, 1.82) is 0 Å². The van der Waals surface area contributed by atoms with Crippen LogP contribution in [0.1, 0.15) is 30.1 Å². The zero-order chi connectivity index (χ0) is 14.2. The van der Waals surface area contributed by atoms with Crippen LogP contribution in [0.3, 0.4) is 0 Å². The van der Waals surface area contributed by atoms with E-state index in [1.54, 1.807) is 12.1 Å². The van der Waals surface area contributed by atoms with E-state index in [4.69, 9.17) is 9.47 Å². The van der Waals surface area contributed by atoms with E-state index < -0.39 is 17.5 Å². The molecular weight excluding hydrogens is 248 g/mol. The molecule has 1 aromatic carbocycles. The summed E-state index contributed by atoms with van der Waals surface area (Å²) in [7, 11) is 3.04. The third-order valence-electron chi connectivity index (χ3n) is 3.80. The van der Waals surface area contributed by atoms with E-state index in [0.717, 1.165) is 5.56 Å². The van der Waals surface area contributed by atoms with Gasteiger partial charge in [-0.2, -0.15) is 0 Å². The van der Waals surface area contributed by atoms with Crippen LogP contribution in [0.15, 0.2) is 12.1 Å². The van der Waals surface area contributed by atoms with E-state index in [9.17, 15) is 15.0 Å². The van der Waals surface area contributed by atoms with Gasteiger partial charge in [0.1, 0.15) is 0 Å². The largest absolute Gasteiger partial charge is 0.493 e. The summed E-state index contributed by atoms with van der Waals surface area (Å²) in [6, 6.07) is 3.40. The van der Waals surface area contributed by atoms with Crippen LogP contribution >= 0.6 is 0 Å². The number of carbonyl (C=O) groups is 1. The van der Waals surface area contributed by atoms with Gasteiger partial charge in [0.05, 0.1) is 25.7 Å². The maximum Gasteiger partial charge on any atom is 0.312 e. The van der Waals surface area contributed by atoms with E-state index in [-0.39, 0.29) is 0 Å². The van der Waals surface area contributed by atoms with E-state index in [1.807, 2.05) is 6.92 Å². The highest BCUT2D eigenvalue weighted by Crippen LogP contribution is 2.56. The molecule has 1 unspecified atom stereocenters. The Morgan fingerprint density at radius 1 is 1.26 bits per heavy atom. The molecule has 2 N–H and O–H groups in total. The van der Waals surface area contributed by atoms with E-state index in [0.29, 0.717) is 29.9 Å². The predicted molar refractivity (Wildman–Crippen MR) is 68.5 cm³/mol. The van der Waals surface area contributed by atoms with Crippen LogP contribution in [0.4, 0.5) is 0 Å². The molecule has 1 saturated carbocycles. The number of aliphatic carboxylic acids is 1. The summed E-state index contributed by atoms with van der Waals surface area (Å²) < 4.78 is 10.4. The second-order valence-electron chi connectivity index (χ2n) is 4.93. The van der Waals surface area contributed by atoms with Crippen molar-refractivity contribution in [2.45, 2.75) is 25.9 Å². The lowest BCUT2D eigenvalue weighted by Crippen LogP contribution is -2.24. The SMILES string of the molecule is COc1cc(C)c(C(O)C2(C(=O)O)CC2)cc1OC. The smallest absolute Gasteiger partial charge is 0.312 e. The molecule has 19 heavy (non-hydrogen) atoms. The lowest BCUT2D eigenvalue weighted by molar-refractivity contribution is -0.148. The van der Waals surface area contributed by atoms with Crippen LogP contribution in [-0.4, -0.2) is 30.4 Å². The minimum absolute atomic E-state index is 0.489. The summed E-state index contributed by atoms with van der Waals surface area (Å²) in [6.07, 6.45) is -0.0287. The Labute approximate surface area is 111 Å². The number of benzene rings is 1. The Hall–Kier alpha value is -1.75. The lowest BCUT2D eigenvalue weighted by atomic mass is 9.90. The lowest BCUT2D eigenvalue weighted by Gasteiger charge is -2.21. The molecule has 104 valence electrons. The molecule has 0 heterocycles. The molecule has 0 spiro atoms. The summed E-state index contributed by atoms with van der Waals surface area (Å²) in [5.41, 5.74) is 0.333. The molecular formula is C14H18O5. The zero-order valence-corrected chi connectivity index (χ0v) is 11.3. The summed E-state index contributed by atoms with van der Waals surface area (Å²) in [4.78, 5) is 11.3. The highest BCUT2D eigenvalue weighted by molar-refractivity contribution is 5.79. The minimum atomic E-state index is -1.04. The van der Waals surface area contributed by atoms with Crippen LogP contribution in [0.5, 0.6) is 11.5 Å². The quantitative estimate of drug-likeness (QED) is 0.851. The molecule has 5 nitrogen and oxygen atoms in total. The number of rotatable bonds is 5. The molecule has 1 atom stereocenters. The molecule has 0 aliphatic heterocycles. The molecule has 0 amide bonds. The van der Waals surface area contributed by atoms with Crippen molar-refractivity contribution in [3.05, 3.63) is 23.3 Å². The van der Waals surface area contributed by atoms with Crippen molar-refractivity contribution in [2.75, 3.05) is 14.2 Å². The second-order valence-corrected chi connectivity index (χ2v) is 4.93. The average Bonchev–Trinajstić information content (AvgIpc) is 3.19. The highest BCUT2D eigenvalue weighted by Gasteiger charge is 2.56. The monoisotopic (exact) mass is 266 g/mol. The first-order valence-corrected chi connectivity index (χ1v) is 6.10. The van der Waals surface area contributed by atoms with Crippen LogP contribution in [0.2, 0.25) is 0 Å². The predicted octanol–water partition coefficient (Wildman–Crippen LogP) is 1.91. The maximum atomic E-state index is 11.3. The third-order valence-corrected chi connectivity index (χ3v) is 3.80. The number of hydrogen-bond acceptors (Lipinski definition) is 4. The van der Waals surface area contributed by atoms with Gasteiger partial charge < -0.3 is 19.7 Å². The van der Waals surface area contributed by atoms with Gasteiger partial charge in [-0.1, -0.05) is 0 Å². The highest BCUT2D eigenvalue weighted by atomic mass is 16.5. The Balaban J connectivity index is 2.43. The van der Waals surface area contributed by atoms with Crippen LogP contribution in [0, 0.1) is 12.3 Å². The molecule has 1 aliphatic carbocycles. The summed E-state index contributed by atoms with van der Waals surface area (Å²) in [5, 5.41) is 19.6. The third kappa shape index (κ3) is 2.14. The number of ether oxygens (including phenoxy) is 2. The van der Waals surface area contributed by atoms with Crippen molar-refractivity contribution >= 4 is 5.97 Å². The van der Waals surface area contributed by atoms with Crippen molar-refractivity contribution in [3.8, 4) is 11.5 Å². The Bertz CT molecular complexity index is 505. The fourth-order valence-electron chi connectivity index (χ4n) is 2.33. The number of aliphatic hydroxyl groups excluding tert-OH is 1. The van der Waals surface area contributed by atoms with Gasteiger partial charge in [0.15, 0.2) is 11.5 Å². The number of aryl methyl sites for hydroxylation is 1. The number of methoxy groups -OCH3 is 2. The Kier molecular flexibility index (Phi) is 3.41. The fourth-order valence-corrected chi connectivity index (χ4v) is 2.33. The fraction of sp³-hybridized carbons (Fsp3) is 0.500. The van der Waals surface area contributed by atoms with Gasteiger partial charge >= 0.3 is 5.97 Å². The van der Waals surface area contributed by atoms with Gasteiger partial charge in [-0.15, -0.1) is 0 Å². The molecule has 0 bridgehead atoms. The minimum Gasteiger partial charge on any atom is -0.493 e. The number of carboxylic acids is 1. The first kappa shape index (κ1) is 13.7. The van der Waals surface area contributed by atoms with Gasteiger partial charge in [0.25, 0.3) is 0 Å². The van der Waals surface area contributed by atoms with Crippen LogP contribution < -0.4 is 9.47 Å². The van der Waals surface area contributed by atoms with Gasteiger partial charge in [0, 0.05) is 0 Å². The van der Waals surface area contributed by atoms with E-state index >= 15 is 0 Å². The Morgan fingerprint density at radius 3 is 2.21 bits per heavy atom. The van der Waals surface area contributed by atoms with Crippen molar-refractivity contribution in [2.24, 2.45) is 5.41 Å². The van der Waals surface area contributed by atoms with Crippen molar-refractivity contribution in [1.82, 2.24) is 0 Å². The van der Waals surface area contributed by atoms with E-state index in [1.165, 1.54) is 14.2 Å². The average molecular weight is 266 g/mol. The summed E-state index contributed by atoms with van der Waals surface area (Å²) >= 11 is 0. The van der Waals surface area contributed by atoms with Gasteiger partial charge in [-0.05, 0) is 43.0 Å². The van der Waals surface area contributed by atoms with Gasteiger partial charge in [0.2, 0.25) is 0 Å². The maximum absolute atomic E-state index is 11.3. The van der Waals surface area contributed by atoms with Gasteiger partial charge in [-0.3, -0.25) is 4.79 Å². The normalized spacial score (nSPS) is 17.7. The van der Waals surface area contributed by atoms with Gasteiger partial charge in [-0.25, -0.2) is 0 Å². The zero-order valence-electron chi connectivity index (χ0n) is 11.3. The first-order valence-electron chi connectivity index (χ1n) is 6.10. The topological polar surface area (TPSA) is 76.0 Å². The Morgan fingerprint density at radius 2 is 1.79 bits per heavy atom. The van der Waals surface area contributed by atoms with Crippen LogP contribution in [-0.2, 0) is 4.79 Å². The number of hydrogen-bond donors (Lipinski definition) is 2. The molecule has 2 rings (SSSR count). The molecule has 1 aliphatic rings.